The van der Waals surface area contributed by atoms with Gasteiger partial charge >= 0.3 is 6.03 Å². The molecule has 0 fully saturated rings. The summed E-state index contributed by atoms with van der Waals surface area (Å²) in [5.74, 6) is -0.435. The van der Waals surface area contributed by atoms with E-state index in [1.807, 2.05) is 30.3 Å². The van der Waals surface area contributed by atoms with Crippen molar-refractivity contribution in [3.8, 4) is 0 Å². The second-order valence-electron chi connectivity index (χ2n) is 6.36. The van der Waals surface area contributed by atoms with Crippen LogP contribution in [0.5, 0.6) is 0 Å². The van der Waals surface area contributed by atoms with Crippen LogP contribution in [0.1, 0.15) is 25.0 Å². The van der Waals surface area contributed by atoms with Gasteiger partial charge in [0, 0.05) is 17.6 Å². The summed E-state index contributed by atoms with van der Waals surface area (Å²) in [6, 6.07) is 16.8. The number of primary amides is 1. The van der Waals surface area contributed by atoms with Crippen molar-refractivity contribution >= 4 is 17.6 Å². The second-order valence-corrected chi connectivity index (χ2v) is 6.36. The number of para-hydroxylation sites is 1. The number of anilines is 1. The van der Waals surface area contributed by atoms with Gasteiger partial charge in [0.1, 0.15) is 0 Å². The zero-order chi connectivity index (χ0) is 17.6. The lowest BCUT2D eigenvalue weighted by atomic mass is 9.85. The van der Waals surface area contributed by atoms with Gasteiger partial charge in [-0.3, -0.25) is 4.79 Å². The summed E-state index contributed by atoms with van der Waals surface area (Å²) in [5, 5.41) is 5.67. The van der Waals surface area contributed by atoms with Gasteiger partial charge in [0.25, 0.3) is 0 Å². The third-order valence-corrected chi connectivity index (χ3v) is 3.88. The van der Waals surface area contributed by atoms with Crippen LogP contribution in [0.2, 0.25) is 0 Å². The largest absolute Gasteiger partial charge is 0.369 e. The minimum Gasteiger partial charge on any atom is -0.369 e. The van der Waals surface area contributed by atoms with Crippen molar-refractivity contribution in [1.82, 2.24) is 5.32 Å². The first-order valence-electron chi connectivity index (χ1n) is 7.85. The lowest BCUT2D eigenvalue weighted by Gasteiger charge is -2.25. The molecular formula is C19H23N3O2. The third kappa shape index (κ3) is 4.84. The smallest absolute Gasteiger partial charge is 0.319 e. The number of urea groups is 1. The van der Waals surface area contributed by atoms with Crippen LogP contribution < -0.4 is 16.4 Å². The molecular weight excluding hydrogens is 302 g/mol. The van der Waals surface area contributed by atoms with Gasteiger partial charge in [-0.1, -0.05) is 62.4 Å². The van der Waals surface area contributed by atoms with Gasteiger partial charge in [-0.2, -0.15) is 0 Å². The fraction of sp³-hybridized carbons (Fsp3) is 0.263. The molecule has 24 heavy (non-hydrogen) atoms. The Labute approximate surface area is 142 Å². The molecule has 0 heterocycles. The van der Waals surface area contributed by atoms with E-state index in [9.17, 15) is 9.59 Å². The molecule has 0 aliphatic rings. The average molecular weight is 325 g/mol. The predicted molar refractivity (Wildman–Crippen MR) is 95.8 cm³/mol. The number of nitrogens with two attached hydrogens (primary N) is 1. The highest BCUT2D eigenvalue weighted by molar-refractivity contribution is 5.91. The monoisotopic (exact) mass is 325 g/mol. The van der Waals surface area contributed by atoms with E-state index in [-0.39, 0.29) is 17.9 Å². The molecule has 0 unspecified atom stereocenters. The van der Waals surface area contributed by atoms with Crippen LogP contribution in [0.4, 0.5) is 10.5 Å². The topological polar surface area (TPSA) is 84.2 Å². The Hall–Kier alpha value is -2.82. The van der Waals surface area contributed by atoms with E-state index >= 15 is 0 Å². The average Bonchev–Trinajstić information content (AvgIpc) is 2.55. The maximum Gasteiger partial charge on any atom is 0.319 e. The van der Waals surface area contributed by atoms with Crippen LogP contribution in [-0.2, 0) is 16.6 Å². The fourth-order valence-electron chi connectivity index (χ4n) is 2.44. The van der Waals surface area contributed by atoms with Gasteiger partial charge in [-0.25, -0.2) is 4.79 Å². The van der Waals surface area contributed by atoms with Crippen molar-refractivity contribution in [1.29, 1.82) is 0 Å². The normalized spacial score (nSPS) is 10.9. The quantitative estimate of drug-likeness (QED) is 0.763. The molecule has 0 aromatic heterocycles. The third-order valence-electron chi connectivity index (χ3n) is 3.88. The molecule has 126 valence electrons. The maximum absolute atomic E-state index is 12.2. The van der Waals surface area contributed by atoms with Crippen LogP contribution in [0, 0.1) is 0 Å². The highest BCUT2D eigenvalue weighted by atomic mass is 16.2. The molecule has 0 atom stereocenters. The maximum atomic E-state index is 12.2. The summed E-state index contributed by atoms with van der Waals surface area (Å²) in [4.78, 5) is 23.3. The van der Waals surface area contributed by atoms with Crippen molar-refractivity contribution in [2.45, 2.75) is 25.7 Å². The van der Waals surface area contributed by atoms with E-state index in [1.165, 1.54) is 0 Å². The van der Waals surface area contributed by atoms with Crippen molar-refractivity contribution in [3.63, 3.8) is 0 Å². The first kappa shape index (κ1) is 17.5. The molecule has 0 saturated heterocycles. The Balaban J connectivity index is 1.98. The number of carbonyl (C=O) groups is 2. The molecule has 5 nitrogen and oxygen atoms in total. The number of amides is 3. The van der Waals surface area contributed by atoms with Gasteiger partial charge in [0.05, 0.1) is 6.42 Å². The van der Waals surface area contributed by atoms with E-state index in [0.29, 0.717) is 17.8 Å². The van der Waals surface area contributed by atoms with Crippen molar-refractivity contribution < 1.29 is 9.59 Å². The van der Waals surface area contributed by atoms with Gasteiger partial charge in [-0.15, -0.1) is 0 Å². The highest BCUT2D eigenvalue weighted by Gasteiger charge is 2.21. The number of hydrogen-bond donors (Lipinski definition) is 3. The van der Waals surface area contributed by atoms with E-state index in [4.69, 9.17) is 5.73 Å². The predicted octanol–water partition coefficient (Wildman–Crippen LogP) is 2.81. The molecule has 2 rings (SSSR count). The Morgan fingerprint density at radius 2 is 1.62 bits per heavy atom. The zero-order valence-corrected chi connectivity index (χ0v) is 14.0. The van der Waals surface area contributed by atoms with Crippen LogP contribution in [-0.4, -0.2) is 18.5 Å². The van der Waals surface area contributed by atoms with Gasteiger partial charge in [-0.05, 0) is 17.2 Å². The summed E-state index contributed by atoms with van der Waals surface area (Å²) in [7, 11) is 0. The van der Waals surface area contributed by atoms with Crippen molar-refractivity contribution in [2.75, 3.05) is 11.9 Å². The molecule has 0 aliphatic heterocycles. The number of benzene rings is 2. The lowest BCUT2D eigenvalue weighted by molar-refractivity contribution is -0.117. The van der Waals surface area contributed by atoms with Crippen LogP contribution in [0.3, 0.4) is 0 Å². The van der Waals surface area contributed by atoms with Crippen molar-refractivity contribution in [2.24, 2.45) is 5.73 Å². The summed E-state index contributed by atoms with van der Waals surface area (Å²) in [6.45, 7) is 4.63. The standard InChI is InChI=1S/C19H23N3O2/c1-19(2,15-9-4-3-5-10-15)13-21-18(24)22-16-11-7-6-8-14(16)12-17(20)23/h3-11H,12-13H2,1-2H3,(H2,20,23)(H2,21,22,24). The highest BCUT2D eigenvalue weighted by Crippen LogP contribution is 2.22. The summed E-state index contributed by atoms with van der Waals surface area (Å²) >= 11 is 0. The van der Waals surface area contributed by atoms with Gasteiger partial charge in [0.15, 0.2) is 0 Å². The molecule has 0 bridgehead atoms. The first-order chi connectivity index (χ1) is 11.4. The van der Waals surface area contributed by atoms with Gasteiger partial charge < -0.3 is 16.4 Å². The Morgan fingerprint density at radius 3 is 2.29 bits per heavy atom. The molecule has 0 aliphatic carbocycles. The van der Waals surface area contributed by atoms with Crippen LogP contribution in [0.15, 0.2) is 54.6 Å². The molecule has 0 radical (unpaired) electrons. The Bertz CT molecular complexity index is 712. The Morgan fingerprint density at radius 1 is 1.00 bits per heavy atom. The van der Waals surface area contributed by atoms with Crippen LogP contribution >= 0.6 is 0 Å². The molecule has 2 aromatic carbocycles. The van der Waals surface area contributed by atoms with Crippen molar-refractivity contribution in [3.05, 3.63) is 65.7 Å². The SMILES string of the molecule is CC(C)(CNC(=O)Nc1ccccc1CC(N)=O)c1ccccc1. The van der Waals surface area contributed by atoms with E-state index in [1.54, 1.807) is 24.3 Å². The summed E-state index contributed by atoms with van der Waals surface area (Å²) in [6.07, 6.45) is 0.0892. The fourth-order valence-corrected chi connectivity index (χ4v) is 2.44. The summed E-state index contributed by atoms with van der Waals surface area (Å²) in [5.41, 5.74) is 7.49. The zero-order valence-electron chi connectivity index (χ0n) is 14.0. The Kier molecular flexibility index (Phi) is 5.58. The molecule has 5 heteroatoms. The number of nitrogens with one attached hydrogen (secondary N) is 2. The molecule has 0 spiro atoms. The molecule has 4 N–H and O–H groups in total. The number of rotatable bonds is 6. The van der Waals surface area contributed by atoms with Gasteiger partial charge in [0.2, 0.25) is 5.91 Å². The number of carbonyl (C=O) groups excluding carboxylic acids is 2. The minimum atomic E-state index is -0.435. The van der Waals surface area contributed by atoms with E-state index in [0.717, 1.165) is 5.56 Å². The first-order valence-corrected chi connectivity index (χ1v) is 7.85. The number of hydrogen-bond acceptors (Lipinski definition) is 2. The second kappa shape index (κ2) is 7.64. The minimum absolute atomic E-state index is 0.0892. The molecule has 0 saturated carbocycles. The van der Waals surface area contributed by atoms with E-state index < -0.39 is 5.91 Å². The molecule has 3 amide bonds. The summed E-state index contributed by atoms with van der Waals surface area (Å²) < 4.78 is 0. The van der Waals surface area contributed by atoms with Crippen LogP contribution in [0.25, 0.3) is 0 Å². The van der Waals surface area contributed by atoms with E-state index in [2.05, 4.69) is 24.5 Å². The molecule has 2 aromatic rings. The lowest BCUT2D eigenvalue weighted by Crippen LogP contribution is -2.39.